The molecule has 1 saturated heterocycles. The molecule has 5 heteroatoms. The highest BCUT2D eigenvalue weighted by Crippen LogP contribution is 2.42. The molecule has 0 aromatic carbocycles. The molecule has 4 unspecified atom stereocenters. The van der Waals surface area contributed by atoms with E-state index in [-0.39, 0.29) is 5.97 Å². The number of rotatable bonds is 15. The van der Waals surface area contributed by atoms with Crippen LogP contribution in [0.25, 0.3) is 0 Å². The fraction of sp³-hybridized carbons (Fsp3) is 0.955. The van der Waals surface area contributed by atoms with Crippen LogP contribution >= 0.6 is 35.3 Å². The van der Waals surface area contributed by atoms with E-state index in [0.717, 1.165) is 22.2 Å². The van der Waals surface area contributed by atoms with Crippen LogP contribution in [-0.4, -0.2) is 46.1 Å². The van der Waals surface area contributed by atoms with E-state index in [1.165, 1.54) is 77.6 Å². The molecule has 0 aromatic heterocycles. The molecule has 1 fully saturated rings. The van der Waals surface area contributed by atoms with E-state index in [4.69, 9.17) is 4.74 Å². The summed E-state index contributed by atoms with van der Waals surface area (Å²) >= 11 is 6.30. The smallest absolute Gasteiger partial charge is 0.302 e. The van der Waals surface area contributed by atoms with Crippen molar-refractivity contribution in [2.45, 2.75) is 112 Å². The molecule has 0 radical (unpaired) electrons. The van der Waals surface area contributed by atoms with Gasteiger partial charge in [0, 0.05) is 27.9 Å². The summed E-state index contributed by atoms with van der Waals surface area (Å²) in [4.78, 5) is 11.0. The average molecular weight is 435 g/mol. The monoisotopic (exact) mass is 434 g/mol. The second-order valence-electron chi connectivity index (χ2n) is 7.73. The molecule has 2 nitrogen and oxygen atoms in total. The van der Waals surface area contributed by atoms with E-state index >= 15 is 0 Å². The molecule has 0 N–H and O–H groups in total. The van der Waals surface area contributed by atoms with Crippen LogP contribution in [0, 0.1) is 0 Å². The van der Waals surface area contributed by atoms with Gasteiger partial charge in [-0.1, -0.05) is 58.3 Å². The lowest BCUT2D eigenvalue weighted by Crippen LogP contribution is -2.32. The van der Waals surface area contributed by atoms with Gasteiger partial charge in [0.15, 0.2) is 0 Å². The zero-order valence-electron chi connectivity index (χ0n) is 18.0. The number of unbranched alkanes of at least 4 members (excludes halogenated alkanes) is 6. The lowest BCUT2D eigenvalue weighted by Gasteiger charge is -2.36. The van der Waals surface area contributed by atoms with Crippen LogP contribution in [0.1, 0.15) is 90.9 Å². The van der Waals surface area contributed by atoms with Crippen molar-refractivity contribution in [2.24, 2.45) is 0 Å². The predicted octanol–water partition coefficient (Wildman–Crippen LogP) is 7.20. The summed E-state index contributed by atoms with van der Waals surface area (Å²) < 4.78 is 5.20. The van der Waals surface area contributed by atoms with Crippen molar-refractivity contribution < 1.29 is 9.53 Å². The Kier molecular flexibility index (Phi) is 15.5. The van der Waals surface area contributed by atoms with Gasteiger partial charge in [-0.15, -0.1) is 0 Å². The summed E-state index contributed by atoms with van der Waals surface area (Å²) in [6, 6.07) is 0. The number of carbonyl (C=O) groups is 1. The molecule has 1 heterocycles. The van der Waals surface area contributed by atoms with Crippen LogP contribution in [-0.2, 0) is 9.53 Å². The summed E-state index contributed by atoms with van der Waals surface area (Å²) in [6.45, 7) is 4.37. The van der Waals surface area contributed by atoms with Gasteiger partial charge in [0.2, 0.25) is 0 Å². The summed E-state index contributed by atoms with van der Waals surface area (Å²) in [5.41, 5.74) is 0. The molecule has 0 saturated carbocycles. The maximum atomic E-state index is 11.0. The maximum absolute atomic E-state index is 11.0. The Morgan fingerprint density at radius 3 is 2.07 bits per heavy atom. The van der Waals surface area contributed by atoms with Gasteiger partial charge in [-0.3, -0.25) is 4.79 Å². The number of hydrogen-bond donors (Lipinski definition) is 0. The Bertz CT molecular complexity index is 379. The van der Waals surface area contributed by atoms with E-state index in [2.05, 4.69) is 43.0 Å². The zero-order valence-corrected chi connectivity index (χ0v) is 20.5. The third-order valence-electron chi connectivity index (χ3n) is 5.56. The van der Waals surface area contributed by atoms with Gasteiger partial charge < -0.3 is 4.74 Å². The minimum absolute atomic E-state index is 0.152. The molecular formula is C22H42O2S3. The van der Waals surface area contributed by atoms with E-state index < -0.39 is 0 Å². The largest absolute Gasteiger partial charge is 0.466 e. The molecule has 1 aliphatic rings. The molecule has 0 amide bonds. The minimum atomic E-state index is -0.152. The van der Waals surface area contributed by atoms with Gasteiger partial charge in [-0.2, -0.15) is 35.3 Å². The lowest BCUT2D eigenvalue weighted by molar-refractivity contribution is -0.141. The SMILES string of the molecule is CCCCCCCCCC(SC)C1CCCC(C(CCOC(C)=O)SC)S1. The van der Waals surface area contributed by atoms with Gasteiger partial charge in [-0.25, -0.2) is 0 Å². The van der Waals surface area contributed by atoms with Crippen LogP contribution in [0.5, 0.6) is 0 Å². The maximum Gasteiger partial charge on any atom is 0.302 e. The molecule has 27 heavy (non-hydrogen) atoms. The molecular weight excluding hydrogens is 392 g/mol. The third kappa shape index (κ3) is 11.3. The number of carbonyl (C=O) groups excluding carboxylic acids is 1. The molecule has 1 rings (SSSR count). The van der Waals surface area contributed by atoms with Gasteiger partial charge in [0.1, 0.15) is 0 Å². The third-order valence-corrected chi connectivity index (χ3v) is 10.1. The highest BCUT2D eigenvalue weighted by atomic mass is 32.2. The zero-order chi connectivity index (χ0) is 19.9. The van der Waals surface area contributed by atoms with Crippen LogP contribution in [0.3, 0.4) is 0 Å². The van der Waals surface area contributed by atoms with Crippen molar-refractivity contribution in [3.63, 3.8) is 0 Å². The fourth-order valence-corrected chi connectivity index (χ4v) is 8.30. The summed E-state index contributed by atoms with van der Waals surface area (Å²) in [7, 11) is 0. The molecule has 0 spiro atoms. The summed E-state index contributed by atoms with van der Waals surface area (Å²) in [6.07, 6.45) is 20.8. The topological polar surface area (TPSA) is 26.3 Å². The Morgan fingerprint density at radius 2 is 1.52 bits per heavy atom. The number of thioether (sulfide) groups is 3. The molecule has 0 aromatic rings. The lowest BCUT2D eigenvalue weighted by atomic mass is 10.0. The highest BCUT2D eigenvalue weighted by Gasteiger charge is 2.32. The van der Waals surface area contributed by atoms with Crippen LogP contribution in [0.4, 0.5) is 0 Å². The van der Waals surface area contributed by atoms with Crippen molar-refractivity contribution in [1.82, 2.24) is 0 Å². The van der Waals surface area contributed by atoms with Crippen molar-refractivity contribution in [3.05, 3.63) is 0 Å². The Hall–Kier alpha value is 0.520. The van der Waals surface area contributed by atoms with Crippen molar-refractivity contribution >= 4 is 41.3 Å². The minimum Gasteiger partial charge on any atom is -0.466 e. The van der Waals surface area contributed by atoms with Crippen molar-refractivity contribution in [2.75, 3.05) is 19.1 Å². The summed E-state index contributed by atoms with van der Waals surface area (Å²) in [5.74, 6) is -0.152. The summed E-state index contributed by atoms with van der Waals surface area (Å²) in [5, 5.41) is 2.95. The van der Waals surface area contributed by atoms with Crippen LogP contribution in [0.15, 0.2) is 0 Å². The van der Waals surface area contributed by atoms with Crippen LogP contribution < -0.4 is 0 Å². The molecule has 0 aliphatic carbocycles. The Morgan fingerprint density at radius 1 is 0.963 bits per heavy atom. The quantitative estimate of drug-likeness (QED) is 0.201. The van der Waals surface area contributed by atoms with E-state index in [0.29, 0.717) is 11.9 Å². The highest BCUT2D eigenvalue weighted by molar-refractivity contribution is 8.05. The first kappa shape index (κ1) is 25.6. The van der Waals surface area contributed by atoms with Gasteiger partial charge in [-0.05, 0) is 38.2 Å². The van der Waals surface area contributed by atoms with Gasteiger partial charge >= 0.3 is 5.97 Å². The first-order valence-corrected chi connectivity index (χ1v) is 14.5. The Labute approximate surface area is 181 Å². The second kappa shape index (κ2) is 16.3. The predicted molar refractivity (Wildman–Crippen MR) is 127 cm³/mol. The van der Waals surface area contributed by atoms with Crippen LogP contribution in [0.2, 0.25) is 0 Å². The average Bonchev–Trinajstić information content (AvgIpc) is 2.67. The number of ether oxygens (including phenoxy) is 1. The first-order valence-electron chi connectivity index (χ1n) is 11.0. The number of esters is 1. The fourth-order valence-electron chi connectivity index (χ4n) is 3.96. The van der Waals surface area contributed by atoms with Gasteiger partial charge in [0.05, 0.1) is 6.61 Å². The van der Waals surface area contributed by atoms with Crippen molar-refractivity contribution in [3.8, 4) is 0 Å². The van der Waals surface area contributed by atoms with E-state index in [1.807, 2.05) is 11.8 Å². The van der Waals surface area contributed by atoms with E-state index in [9.17, 15) is 4.79 Å². The first-order chi connectivity index (χ1) is 13.1. The van der Waals surface area contributed by atoms with E-state index in [1.54, 1.807) is 0 Å². The standard InChI is InChI=1S/C22H42O2S3/c1-5-6-7-8-9-10-11-13-19(25-3)21-14-12-15-22(27-21)20(26-4)16-17-24-18(2)23/h19-22H,5-17H2,1-4H3. The second-order valence-corrected chi connectivity index (χ2v) is 11.4. The molecule has 1 aliphatic heterocycles. The number of hydrogen-bond acceptors (Lipinski definition) is 5. The van der Waals surface area contributed by atoms with Gasteiger partial charge in [0.25, 0.3) is 0 Å². The normalized spacial score (nSPS) is 22.4. The molecule has 160 valence electrons. The van der Waals surface area contributed by atoms with Crippen molar-refractivity contribution in [1.29, 1.82) is 0 Å². The molecule has 0 bridgehead atoms. The Balaban J connectivity index is 2.35. The molecule has 4 atom stereocenters.